The second kappa shape index (κ2) is 5.73. The van der Waals surface area contributed by atoms with Crippen molar-refractivity contribution in [2.75, 3.05) is 32.7 Å². The summed E-state index contributed by atoms with van der Waals surface area (Å²) in [7, 11) is 5.18. The minimum absolute atomic E-state index is 0.524. The van der Waals surface area contributed by atoms with Crippen molar-refractivity contribution in [3.05, 3.63) is 6.07 Å². The molecule has 100 valence electrons. The minimum Gasteiger partial charge on any atom is -0.481 e. The van der Waals surface area contributed by atoms with Crippen LogP contribution in [0.5, 0.6) is 11.8 Å². The van der Waals surface area contributed by atoms with Crippen LogP contribution in [0.25, 0.3) is 0 Å². The first-order chi connectivity index (χ1) is 8.62. The highest BCUT2D eigenvalue weighted by Crippen LogP contribution is 2.34. The van der Waals surface area contributed by atoms with E-state index in [1.807, 2.05) is 7.05 Å². The molecule has 0 N–H and O–H groups in total. The first-order valence-corrected chi connectivity index (χ1v) is 6.86. The van der Waals surface area contributed by atoms with Gasteiger partial charge < -0.3 is 14.4 Å². The Labute approximate surface area is 116 Å². The molecule has 1 aromatic rings. The summed E-state index contributed by atoms with van der Waals surface area (Å²) in [5, 5.41) is 0. The van der Waals surface area contributed by atoms with Gasteiger partial charge in [-0.25, -0.2) is 0 Å². The highest BCUT2D eigenvalue weighted by atomic mass is 79.9. The van der Waals surface area contributed by atoms with E-state index in [1.165, 1.54) is 12.8 Å². The molecule has 1 aliphatic carbocycles. The van der Waals surface area contributed by atoms with Crippen LogP contribution in [0.4, 0.5) is 5.95 Å². The van der Waals surface area contributed by atoms with Crippen LogP contribution in [0.1, 0.15) is 12.8 Å². The monoisotopic (exact) mass is 315 g/mol. The molecule has 0 aromatic carbocycles. The van der Waals surface area contributed by atoms with Crippen molar-refractivity contribution < 1.29 is 9.47 Å². The second-order valence-electron chi connectivity index (χ2n) is 4.57. The van der Waals surface area contributed by atoms with Crippen molar-refractivity contribution in [2.45, 2.75) is 17.7 Å². The van der Waals surface area contributed by atoms with E-state index < -0.39 is 0 Å². The number of methoxy groups -OCH3 is 2. The third kappa shape index (κ3) is 3.04. The van der Waals surface area contributed by atoms with E-state index in [0.29, 0.717) is 28.5 Å². The van der Waals surface area contributed by atoms with Crippen molar-refractivity contribution in [3.63, 3.8) is 0 Å². The molecule has 6 heteroatoms. The van der Waals surface area contributed by atoms with E-state index in [1.54, 1.807) is 20.3 Å². The van der Waals surface area contributed by atoms with Crippen LogP contribution in [-0.2, 0) is 0 Å². The summed E-state index contributed by atoms with van der Waals surface area (Å²) in [6, 6.07) is 1.68. The van der Waals surface area contributed by atoms with Gasteiger partial charge in [-0.1, -0.05) is 15.9 Å². The molecule has 0 amide bonds. The largest absolute Gasteiger partial charge is 0.481 e. The van der Waals surface area contributed by atoms with Crippen LogP contribution in [0.15, 0.2) is 6.07 Å². The molecule has 0 bridgehead atoms. The quantitative estimate of drug-likeness (QED) is 0.779. The molecule has 0 saturated heterocycles. The van der Waals surface area contributed by atoms with Crippen LogP contribution in [0.3, 0.4) is 0 Å². The van der Waals surface area contributed by atoms with E-state index in [-0.39, 0.29) is 0 Å². The number of hydrogen-bond acceptors (Lipinski definition) is 5. The van der Waals surface area contributed by atoms with Gasteiger partial charge in [0.2, 0.25) is 17.7 Å². The van der Waals surface area contributed by atoms with Crippen LogP contribution in [0.2, 0.25) is 0 Å². The van der Waals surface area contributed by atoms with Crippen LogP contribution < -0.4 is 14.4 Å². The molecule has 0 atom stereocenters. The Bertz CT molecular complexity index is 388. The molecule has 5 nitrogen and oxygen atoms in total. The average molecular weight is 316 g/mol. The number of ether oxygens (including phenoxy) is 2. The van der Waals surface area contributed by atoms with Crippen LogP contribution >= 0.6 is 15.9 Å². The topological polar surface area (TPSA) is 47.5 Å². The summed E-state index contributed by atoms with van der Waals surface area (Å²) in [6.07, 6.45) is 2.43. The molecule has 18 heavy (non-hydrogen) atoms. The van der Waals surface area contributed by atoms with Gasteiger partial charge in [0, 0.05) is 18.4 Å². The molecule has 1 aromatic heterocycles. The van der Waals surface area contributed by atoms with Gasteiger partial charge in [-0.3, -0.25) is 0 Å². The average Bonchev–Trinajstić information content (AvgIpc) is 2.36. The molecule has 2 rings (SSSR count). The Morgan fingerprint density at radius 3 is 2.28 bits per heavy atom. The third-order valence-corrected chi connectivity index (χ3v) is 3.88. The molecule has 0 aliphatic heterocycles. The van der Waals surface area contributed by atoms with Gasteiger partial charge in [0.25, 0.3) is 0 Å². The summed E-state index contributed by atoms with van der Waals surface area (Å²) < 4.78 is 10.3. The zero-order valence-corrected chi connectivity index (χ0v) is 12.5. The Hall–Kier alpha value is -1.04. The molecular weight excluding hydrogens is 298 g/mol. The van der Waals surface area contributed by atoms with Crippen molar-refractivity contribution in [3.8, 4) is 11.8 Å². The Kier molecular flexibility index (Phi) is 4.27. The second-order valence-corrected chi connectivity index (χ2v) is 5.86. The number of alkyl halides is 1. The molecule has 1 saturated carbocycles. The number of halogens is 1. The summed E-state index contributed by atoms with van der Waals surface area (Å²) in [5.41, 5.74) is 0. The predicted octanol–water partition coefficient (Wildman–Crippen LogP) is 2.10. The van der Waals surface area contributed by atoms with E-state index in [2.05, 4.69) is 30.8 Å². The van der Waals surface area contributed by atoms with Crippen molar-refractivity contribution >= 4 is 21.9 Å². The normalized spacial score (nSPS) is 22.2. The Balaban J connectivity index is 2.06. The molecular formula is C12H18BrN3O2. The van der Waals surface area contributed by atoms with Gasteiger partial charge in [0.1, 0.15) is 0 Å². The maximum Gasteiger partial charge on any atom is 0.231 e. The van der Waals surface area contributed by atoms with Crippen LogP contribution in [0, 0.1) is 5.92 Å². The summed E-state index contributed by atoms with van der Waals surface area (Å²) in [4.78, 5) is 11.4. The fraction of sp³-hybridized carbons (Fsp3) is 0.667. The van der Waals surface area contributed by atoms with Crippen molar-refractivity contribution in [2.24, 2.45) is 5.92 Å². The van der Waals surface area contributed by atoms with Gasteiger partial charge in [-0.15, -0.1) is 0 Å². The molecule has 0 radical (unpaired) electrons. The lowest BCUT2D eigenvalue weighted by molar-refractivity contribution is 0.335. The minimum atomic E-state index is 0.524. The zero-order chi connectivity index (χ0) is 13.1. The maximum atomic E-state index is 5.14. The lowest BCUT2D eigenvalue weighted by Gasteiger charge is -2.34. The van der Waals surface area contributed by atoms with Gasteiger partial charge in [0.05, 0.1) is 20.3 Å². The molecule has 1 aliphatic rings. The fourth-order valence-electron chi connectivity index (χ4n) is 2.04. The van der Waals surface area contributed by atoms with Crippen molar-refractivity contribution in [1.29, 1.82) is 0 Å². The highest BCUT2D eigenvalue weighted by Gasteiger charge is 2.28. The van der Waals surface area contributed by atoms with Gasteiger partial charge in [-0.2, -0.15) is 9.97 Å². The predicted molar refractivity (Wildman–Crippen MR) is 73.8 cm³/mol. The van der Waals surface area contributed by atoms with Gasteiger partial charge in [0.15, 0.2) is 0 Å². The molecule has 0 spiro atoms. The molecule has 1 fully saturated rings. The number of aromatic nitrogens is 2. The van der Waals surface area contributed by atoms with E-state index in [9.17, 15) is 0 Å². The fourth-order valence-corrected chi connectivity index (χ4v) is 3.10. The highest BCUT2D eigenvalue weighted by molar-refractivity contribution is 9.09. The smallest absolute Gasteiger partial charge is 0.231 e. The molecule has 0 unspecified atom stereocenters. The van der Waals surface area contributed by atoms with Gasteiger partial charge in [-0.05, 0) is 18.8 Å². The number of rotatable bonds is 5. The Morgan fingerprint density at radius 2 is 1.83 bits per heavy atom. The Morgan fingerprint density at radius 1 is 1.28 bits per heavy atom. The zero-order valence-electron chi connectivity index (χ0n) is 10.9. The lowest BCUT2D eigenvalue weighted by Crippen LogP contribution is -2.35. The molecule has 1 heterocycles. The summed E-state index contributed by atoms with van der Waals surface area (Å²) >= 11 is 3.60. The number of anilines is 1. The number of nitrogens with zero attached hydrogens (tertiary/aromatic N) is 3. The SMILES string of the molecule is COc1cc(OC)nc(N(C)CC2CC(Br)C2)n1. The first kappa shape index (κ1) is 13.4. The van der Waals surface area contributed by atoms with E-state index in [0.717, 1.165) is 6.54 Å². The van der Waals surface area contributed by atoms with Crippen molar-refractivity contribution in [1.82, 2.24) is 9.97 Å². The number of hydrogen-bond donors (Lipinski definition) is 0. The summed E-state index contributed by atoms with van der Waals surface area (Å²) in [5.74, 6) is 2.40. The maximum absolute atomic E-state index is 5.14. The lowest BCUT2D eigenvalue weighted by atomic mass is 9.85. The summed E-state index contributed by atoms with van der Waals surface area (Å²) in [6.45, 7) is 0.957. The van der Waals surface area contributed by atoms with E-state index >= 15 is 0 Å². The van der Waals surface area contributed by atoms with E-state index in [4.69, 9.17) is 9.47 Å². The third-order valence-electron chi connectivity index (χ3n) is 3.14. The first-order valence-electron chi connectivity index (χ1n) is 5.94. The van der Waals surface area contributed by atoms with Crippen LogP contribution in [-0.4, -0.2) is 42.6 Å². The van der Waals surface area contributed by atoms with Gasteiger partial charge >= 0.3 is 0 Å². The standard InChI is InChI=1S/C12H18BrN3O2/c1-16(7-8-4-9(13)5-8)12-14-10(17-2)6-11(15-12)18-3/h6,8-9H,4-5,7H2,1-3H3.